The summed E-state index contributed by atoms with van der Waals surface area (Å²) in [6, 6.07) is 11.2. The van der Waals surface area contributed by atoms with Crippen LogP contribution >= 0.6 is 0 Å². The molecule has 0 fully saturated rings. The maximum Gasteiger partial charge on any atom is 0.268 e. The number of ketones is 1. The van der Waals surface area contributed by atoms with E-state index in [1.807, 2.05) is 40.0 Å². The maximum atomic E-state index is 15.2. The lowest BCUT2D eigenvalue weighted by molar-refractivity contribution is -0.117. The molecule has 2 aromatic heterocycles. The summed E-state index contributed by atoms with van der Waals surface area (Å²) in [5, 5.41) is 4.87. The fourth-order valence-electron chi connectivity index (χ4n) is 4.33. The number of hydrogen-bond acceptors (Lipinski definition) is 5. The summed E-state index contributed by atoms with van der Waals surface area (Å²) >= 11 is 0. The molecule has 4 rings (SSSR count). The zero-order chi connectivity index (χ0) is 27.0. The lowest BCUT2D eigenvalue weighted by atomic mass is 9.80. The van der Waals surface area contributed by atoms with E-state index in [9.17, 15) is 13.2 Å². The third-order valence-corrected chi connectivity index (χ3v) is 8.27. The van der Waals surface area contributed by atoms with E-state index in [4.69, 9.17) is 4.74 Å². The highest BCUT2D eigenvalue weighted by molar-refractivity contribution is 7.90. The number of rotatable bonds is 10. The number of halogens is 1. The summed E-state index contributed by atoms with van der Waals surface area (Å²) < 4.78 is 51.1. The third-order valence-electron chi connectivity index (χ3n) is 6.59. The maximum absolute atomic E-state index is 15.2. The van der Waals surface area contributed by atoms with Gasteiger partial charge in [0.2, 0.25) is 0 Å². The molecule has 2 heterocycles. The molecule has 0 amide bonds. The average Bonchev–Trinajstić information content (AvgIpc) is 3.42. The van der Waals surface area contributed by atoms with Gasteiger partial charge in [0.15, 0.2) is 11.6 Å². The van der Waals surface area contributed by atoms with E-state index in [0.29, 0.717) is 30.3 Å². The van der Waals surface area contributed by atoms with Gasteiger partial charge in [0.05, 0.1) is 22.7 Å². The first-order valence-corrected chi connectivity index (χ1v) is 13.6. The molecule has 0 radical (unpaired) electrons. The van der Waals surface area contributed by atoms with Gasteiger partial charge in [0.25, 0.3) is 10.0 Å². The molecule has 196 valence electrons. The second-order valence-electron chi connectivity index (χ2n) is 10.1. The Balaban J connectivity index is 1.79. The topological polar surface area (TPSA) is 83.2 Å². The van der Waals surface area contributed by atoms with E-state index in [0.717, 1.165) is 15.2 Å². The van der Waals surface area contributed by atoms with Gasteiger partial charge in [-0.25, -0.2) is 16.8 Å². The van der Waals surface area contributed by atoms with Crippen molar-refractivity contribution in [1.29, 1.82) is 0 Å². The van der Waals surface area contributed by atoms with Crippen LogP contribution in [0, 0.1) is 19.7 Å². The van der Waals surface area contributed by atoms with Crippen LogP contribution in [0.4, 0.5) is 4.39 Å². The van der Waals surface area contributed by atoms with Crippen LogP contribution in [0.15, 0.2) is 59.8 Å². The first-order chi connectivity index (χ1) is 17.4. The lowest BCUT2D eigenvalue weighted by Gasteiger charge is -2.24. The Bertz CT molecular complexity index is 1550. The van der Waals surface area contributed by atoms with Gasteiger partial charge in [-0.1, -0.05) is 31.5 Å². The lowest BCUT2D eigenvalue weighted by Crippen LogP contribution is -2.18. The van der Waals surface area contributed by atoms with Crippen molar-refractivity contribution in [2.75, 3.05) is 6.61 Å². The molecule has 0 saturated heterocycles. The Morgan fingerprint density at radius 3 is 2.43 bits per heavy atom. The smallest absolute Gasteiger partial charge is 0.268 e. The van der Waals surface area contributed by atoms with Gasteiger partial charge in [-0.3, -0.25) is 4.68 Å². The average molecular weight is 526 g/mol. The molecule has 0 bridgehead atoms. The van der Waals surface area contributed by atoms with Gasteiger partial charge in [0.1, 0.15) is 12.4 Å². The van der Waals surface area contributed by atoms with Gasteiger partial charge in [-0.05, 0) is 62.4 Å². The van der Waals surface area contributed by atoms with Gasteiger partial charge in [-0.15, -0.1) is 0 Å². The molecule has 4 aromatic rings. The third kappa shape index (κ3) is 5.61. The number of carbonyl (C=O) groups is 1. The quantitative estimate of drug-likeness (QED) is 0.271. The van der Waals surface area contributed by atoms with Gasteiger partial charge >= 0.3 is 0 Å². The van der Waals surface area contributed by atoms with Gasteiger partial charge in [-0.2, -0.15) is 5.10 Å². The van der Waals surface area contributed by atoms with Crippen LogP contribution in [0.3, 0.4) is 0 Å². The fourth-order valence-corrected chi connectivity index (χ4v) is 5.69. The normalized spacial score (nSPS) is 12.3. The Hall–Kier alpha value is -3.46. The van der Waals surface area contributed by atoms with Gasteiger partial charge < -0.3 is 9.53 Å². The van der Waals surface area contributed by atoms with Crippen LogP contribution in [-0.4, -0.2) is 34.6 Å². The molecule has 9 heteroatoms. The predicted molar refractivity (Wildman–Crippen MR) is 141 cm³/mol. The van der Waals surface area contributed by atoms with Crippen LogP contribution in [0.2, 0.25) is 0 Å². The molecule has 0 spiro atoms. The van der Waals surface area contributed by atoms with Crippen molar-refractivity contribution >= 4 is 26.7 Å². The Morgan fingerprint density at radius 2 is 1.81 bits per heavy atom. The Morgan fingerprint density at radius 1 is 1.11 bits per heavy atom. The summed E-state index contributed by atoms with van der Waals surface area (Å²) in [4.78, 5) is 11.8. The van der Waals surface area contributed by atoms with Crippen molar-refractivity contribution in [3.8, 4) is 5.75 Å². The number of carbonyl (C=O) groups excluding carboxylic acids is 1. The molecule has 0 aliphatic carbocycles. The minimum absolute atomic E-state index is 0.0329. The zero-order valence-corrected chi connectivity index (χ0v) is 22.6. The number of Topliss-reactive ketones (excluding diaryl/α,β-unsaturated/α-hetero) is 1. The van der Waals surface area contributed by atoms with Crippen LogP contribution in [0.25, 0.3) is 10.9 Å². The number of nitrogens with zero attached hydrogens (tertiary/aromatic N) is 3. The molecule has 0 N–H and O–H groups in total. The van der Waals surface area contributed by atoms with Crippen LogP contribution in [-0.2, 0) is 26.8 Å². The molecule has 0 aliphatic heterocycles. The van der Waals surface area contributed by atoms with Gasteiger partial charge in [0, 0.05) is 30.3 Å². The summed E-state index contributed by atoms with van der Waals surface area (Å²) in [5.74, 6) is -0.575. The Kier molecular flexibility index (Phi) is 7.28. The van der Waals surface area contributed by atoms with E-state index in [1.54, 1.807) is 41.2 Å². The zero-order valence-electron chi connectivity index (χ0n) is 21.8. The highest BCUT2D eigenvalue weighted by atomic mass is 32.2. The molecule has 2 aromatic carbocycles. The molecule has 0 atom stereocenters. The molecular formula is C28H32FN3O4S. The number of aromatic nitrogens is 3. The minimum Gasteiger partial charge on any atom is -0.489 e. The second-order valence-corrected chi connectivity index (χ2v) is 11.9. The standard InChI is InChI=1S/C28H32FN3O4S/c1-19-6-8-22(9-7-19)37(34,35)32-18-24(28(4,5)12-10-21(3)33)23-16-27(25(29)17-26(23)32)36-15-14-31-13-11-20(2)30-31/h6-9,11,13,16-18H,10,12,14-15H2,1-5H3. The van der Waals surface area contributed by atoms with Crippen molar-refractivity contribution in [2.45, 2.75) is 64.3 Å². The number of fused-ring (bicyclic) bond motifs is 1. The van der Waals surface area contributed by atoms with E-state index < -0.39 is 21.3 Å². The number of aryl methyl sites for hydroxylation is 2. The molecule has 0 unspecified atom stereocenters. The number of hydrogen-bond donors (Lipinski definition) is 0. The number of benzene rings is 2. The summed E-state index contributed by atoms with van der Waals surface area (Å²) in [6.45, 7) is 9.83. The molecule has 0 aliphatic rings. The monoisotopic (exact) mass is 525 g/mol. The Labute approximate surface area is 216 Å². The highest BCUT2D eigenvalue weighted by Crippen LogP contribution is 2.39. The summed E-state index contributed by atoms with van der Waals surface area (Å²) in [6.07, 6.45) is 4.23. The molecule has 37 heavy (non-hydrogen) atoms. The summed E-state index contributed by atoms with van der Waals surface area (Å²) in [7, 11) is -4.00. The van der Waals surface area contributed by atoms with E-state index in [-0.39, 0.29) is 28.6 Å². The predicted octanol–water partition coefficient (Wildman–Crippen LogP) is 5.56. The molecule has 7 nitrogen and oxygen atoms in total. The SMILES string of the molecule is CC(=O)CCC(C)(C)c1cn(S(=O)(=O)c2ccc(C)cc2)c2cc(F)c(OCCn3ccc(C)n3)cc12. The fraction of sp³-hybridized carbons (Fsp3) is 0.357. The molecular weight excluding hydrogens is 493 g/mol. The van der Waals surface area contributed by atoms with Crippen molar-refractivity contribution in [1.82, 2.24) is 13.8 Å². The van der Waals surface area contributed by atoms with Crippen molar-refractivity contribution in [3.63, 3.8) is 0 Å². The van der Waals surface area contributed by atoms with Crippen LogP contribution < -0.4 is 4.74 Å². The second kappa shape index (κ2) is 10.1. The highest BCUT2D eigenvalue weighted by Gasteiger charge is 2.30. The first kappa shape index (κ1) is 26.6. The summed E-state index contributed by atoms with van der Waals surface area (Å²) in [5.41, 5.74) is 2.17. The minimum atomic E-state index is -4.00. The van der Waals surface area contributed by atoms with E-state index in [1.165, 1.54) is 13.0 Å². The van der Waals surface area contributed by atoms with E-state index in [2.05, 4.69) is 5.10 Å². The first-order valence-electron chi connectivity index (χ1n) is 12.2. The number of ether oxygens (including phenoxy) is 1. The largest absolute Gasteiger partial charge is 0.489 e. The van der Waals surface area contributed by atoms with Crippen molar-refractivity contribution < 1.29 is 22.3 Å². The van der Waals surface area contributed by atoms with E-state index >= 15 is 4.39 Å². The van der Waals surface area contributed by atoms with Crippen molar-refractivity contribution in [3.05, 3.63) is 77.5 Å². The van der Waals surface area contributed by atoms with Crippen LogP contribution in [0.5, 0.6) is 5.75 Å². The van der Waals surface area contributed by atoms with Crippen LogP contribution in [0.1, 0.15) is 50.4 Å². The molecule has 0 saturated carbocycles. The van der Waals surface area contributed by atoms with Crippen molar-refractivity contribution in [2.24, 2.45) is 0 Å².